The molecule has 3 aliphatic rings. The maximum atomic E-state index is 13.7. The van der Waals surface area contributed by atoms with Crippen LogP contribution in [0.25, 0.3) is 0 Å². The van der Waals surface area contributed by atoms with Crippen LogP contribution in [0, 0.1) is 18.7 Å². The smallest absolute Gasteiger partial charge is 0.428 e. The lowest BCUT2D eigenvalue weighted by Crippen LogP contribution is -2.52. The van der Waals surface area contributed by atoms with E-state index in [9.17, 15) is 14.0 Å². The van der Waals surface area contributed by atoms with Gasteiger partial charge in [0.25, 0.3) is 0 Å². The van der Waals surface area contributed by atoms with Crippen molar-refractivity contribution in [1.82, 2.24) is 15.6 Å². The molecule has 2 aliphatic heterocycles. The summed E-state index contributed by atoms with van der Waals surface area (Å²) in [5, 5.41) is 7.55. The van der Waals surface area contributed by atoms with Gasteiger partial charge in [0.2, 0.25) is 0 Å². The number of carbonyl (C=O) groups excluding carboxylic acids is 2. The molecular weight excluding hydrogens is 471 g/mol. The van der Waals surface area contributed by atoms with E-state index in [0.29, 0.717) is 30.4 Å². The summed E-state index contributed by atoms with van der Waals surface area (Å²) in [6.45, 7) is 5.42. The number of hydrazone groups is 1. The Morgan fingerprint density at radius 3 is 2.70 bits per heavy atom. The van der Waals surface area contributed by atoms with Gasteiger partial charge in [-0.15, -0.1) is 0 Å². The molecule has 2 fully saturated rings. The lowest BCUT2D eigenvalue weighted by molar-refractivity contribution is 0.0155. The molecule has 5 rings (SSSR count). The van der Waals surface area contributed by atoms with E-state index in [1.54, 1.807) is 6.07 Å². The Bertz CT molecular complexity index is 1180. The lowest BCUT2D eigenvalue weighted by atomic mass is 9.72. The monoisotopic (exact) mass is 506 g/mol. The van der Waals surface area contributed by atoms with Gasteiger partial charge in [0.15, 0.2) is 5.60 Å². The molecule has 0 aromatic heterocycles. The number of carbonyl (C=O) groups is 2. The highest BCUT2D eigenvalue weighted by molar-refractivity contribution is 6.09. The molecule has 3 amide bonds. The van der Waals surface area contributed by atoms with Crippen molar-refractivity contribution in [3.05, 3.63) is 71.0 Å². The van der Waals surface area contributed by atoms with Crippen LogP contribution >= 0.6 is 0 Å². The molecule has 0 bridgehead atoms. The highest BCUT2D eigenvalue weighted by Crippen LogP contribution is 2.41. The number of ether oxygens (including phenoxy) is 1. The number of rotatable bonds is 5. The maximum absolute atomic E-state index is 13.7. The van der Waals surface area contributed by atoms with E-state index in [0.717, 1.165) is 49.9 Å². The van der Waals surface area contributed by atoms with Gasteiger partial charge < -0.3 is 15.0 Å². The topological polar surface area (TPSA) is 83.0 Å². The quantitative estimate of drug-likeness (QED) is 0.563. The van der Waals surface area contributed by atoms with Gasteiger partial charge in [-0.2, -0.15) is 5.10 Å². The Hall–Kier alpha value is -3.42. The minimum atomic E-state index is -0.810. The lowest BCUT2D eigenvalue weighted by Gasteiger charge is -2.42. The van der Waals surface area contributed by atoms with Crippen LogP contribution in [0.2, 0.25) is 0 Å². The van der Waals surface area contributed by atoms with E-state index in [4.69, 9.17) is 4.74 Å². The number of halogens is 1. The maximum Gasteiger partial charge on any atom is 0.428 e. The molecule has 0 radical (unpaired) electrons. The van der Waals surface area contributed by atoms with Crippen LogP contribution in [0.15, 0.2) is 53.6 Å². The zero-order valence-electron chi connectivity index (χ0n) is 21.5. The van der Waals surface area contributed by atoms with Crippen LogP contribution in [0.4, 0.5) is 14.0 Å². The van der Waals surface area contributed by atoms with Gasteiger partial charge in [-0.3, -0.25) is 0 Å². The number of benzene rings is 2. The van der Waals surface area contributed by atoms with Gasteiger partial charge >= 0.3 is 12.1 Å². The fourth-order valence-electron chi connectivity index (χ4n) is 6.17. The molecule has 1 spiro atoms. The summed E-state index contributed by atoms with van der Waals surface area (Å²) in [6.07, 6.45) is 4.30. The molecule has 0 unspecified atom stereocenters. The minimum Gasteiger partial charge on any atom is -0.435 e. The highest BCUT2D eigenvalue weighted by Gasteiger charge is 2.46. The van der Waals surface area contributed by atoms with E-state index >= 15 is 0 Å². The molecule has 1 saturated carbocycles. The summed E-state index contributed by atoms with van der Waals surface area (Å²) in [5.41, 5.74) is 5.12. The predicted octanol–water partition coefficient (Wildman–Crippen LogP) is 5.48. The zero-order valence-corrected chi connectivity index (χ0v) is 21.5. The van der Waals surface area contributed by atoms with Crippen molar-refractivity contribution in [2.24, 2.45) is 11.0 Å². The Kier molecular flexibility index (Phi) is 7.17. The van der Waals surface area contributed by atoms with Crippen molar-refractivity contribution in [2.45, 2.75) is 69.9 Å². The highest BCUT2D eigenvalue weighted by atomic mass is 19.1. The molecule has 2 heterocycles. The Morgan fingerprint density at radius 1 is 1.22 bits per heavy atom. The molecule has 2 aromatic rings. The minimum absolute atomic E-state index is 0.00620. The normalized spacial score (nSPS) is 26.3. The first-order valence-corrected chi connectivity index (χ1v) is 13.3. The third kappa shape index (κ3) is 5.48. The predicted molar refractivity (Wildman–Crippen MR) is 140 cm³/mol. The number of hydrogen-bond acceptors (Lipinski definition) is 4. The van der Waals surface area contributed by atoms with E-state index < -0.39 is 11.7 Å². The van der Waals surface area contributed by atoms with Crippen molar-refractivity contribution in [2.75, 3.05) is 13.1 Å². The SMILES string of the molecule is Cc1cc(F)ccc1C1=NNC(=O)OC12CCC(C[C@H](C)NC(=O)N1CC[C@H](c3ccccc3)C1)CC2. The number of nitrogens with zero attached hydrogens (tertiary/aromatic N) is 2. The number of nitrogens with one attached hydrogen (secondary N) is 2. The summed E-state index contributed by atoms with van der Waals surface area (Å²) in [4.78, 5) is 27.0. The molecule has 7 nitrogen and oxygen atoms in total. The van der Waals surface area contributed by atoms with Gasteiger partial charge in [-0.05, 0) is 87.6 Å². The first kappa shape index (κ1) is 25.2. The van der Waals surface area contributed by atoms with Gasteiger partial charge in [-0.25, -0.2) is 19.4 Å². The van der Waals surface area contributed by atoms with E-state index in [1.165, 1.54) is 17.7 Å². The first-order valence-electron chi connectivity index (χ1n) is 13.3. The fraction of sp³-hybridized carbons (Fsp3) is 0.483. The molecule has 8 heteroatoms. The van der Waals surface area contributed by atoms with Gasteiger partial charge in [-0.1, -0.05) is 30.3 Å². The Balaban J connectivity index is 1.16. The van der Waals surface area contributed by atoms with Crippen LogP contribution in [0.3, 0.4) is 0 Å². The van der Waals surface area contributed by atoms with Crippen molar-refractivity contribution in [3.63, 3.8) is 0 Å². The van der Waals surface area contributed by atoms with Crippen LogP contribution < -0.4 is 10.7 Å². The first-order chi connectivity index (χ1) is 17.8. The Labute approximate surface area is 217 Å². The van der Waals surface area contributed by atoms with Crippen molar-refractivity contribution in [1.29, 1.82) is 0 Å². The molecule has 37 heavy (non-hydrogen) atoms. The molecule has 196 valence electrons. The second-order valence-corrected chi connectivity index (χ2v) is 10.8. The number of likely N-dealkylation sites (tertiary alicyclic amines) is 1. The second-order valence-electron chi connectivity index (χ2n) is 10.8. The summed E-state index contributed by atoms with van der Waals surface area (Å²) < 4.78 is 19.5. The van der Waals surface area contributed by atoms with Crippen molar-refractivity contribution >= 4 is 17.8 Å². The van der Waals surface area contributed by atoms with Crippen molar-refractivity contribution < 1.29 is 18.7 Å². The average molecular weight is 507 g/mol. The third-order valence-corrected chi connectivity index (χ3v) is 8.14. The number of urea groups is 1. The fourth-order valence-corrected chi connectivity index (χ4v) is 6.17. The molecule has 2 atom stereocenters. The van der Waals surface area contributed by atoms with Crippen LogP contribution in [0.1, 0.15) is 68.1 Å². The van der Waals surface area contributed by atoms with E-state index in [1.807, 2.05) is 17.9 Å². The number of aryl methyl sites for hydroxylation is 1. The summed E-state index contributed by atoms with van der Waals surface area (Å²) in [6, 6.07) is 15.0. The van der Waals surface area contributed by atoms with Gasteiger partial charge in [0, 0.05) is 30.6 Å². The number of amides is 3. The molecule has 1 aliphatic carbocycles. The van der Waals surface area contributed by atoms with Gasteiger partial charge in [0.05, 0.1) is 0 Å². The molecule has 2 aromatic carbocycles. The van der Waals surface area contributed by atoms with Crippen molar-refractivity contribution in [3.8, 4) is 0 Å². The average Bonchev–Trinajstić information content (AvgIpc) is 3.38. The molecule has 2 N–H and O–H groups in total. The van der Waals surface area contributed by atoms with Crippen LogP contribution in [0.5, 0.6) is 0 Å². The van der Waals surface area contributed by atoms with Crippen LogP contribution in [-0.4, -0.2) is 47.5 Å². The largest absolute Gasteiger partial charge is 0.435 e. The van der Waals surface area contributed by atoms with Gasteiger partial charge in [0.1, 0.15) is 11.5 Å². The van der Waals surface area contributed by atoms with E-state index in [-0.39, 0.29) is 17.9 Å². The molecular formula is C29H35FN4O3. The zero-order chi connectivity index (χ0) is 26.0. The van der Waals surface area contributed by atoms with Crippen LogP contribution in [-0.2, 0) is 4.74 Å². The summed E-state index contributed by atoms with van der Waals surface area (Å²) >= 11 is 0. The summed E-state index contributed by atoms with van der Waals surface area (Å²) in [5.74, 6) is 0.492. The standard InChI is InChI=1S/C29H35FN4O3/c1-19-16-24(30)8-9-25(19)26-29(37-28(36)33-32-26)13-10-21(11-14-29)17-20(2)31-27(35)34-15-12-23(18-34)22-6-4-3-5-7-22/h3-9,16,20-21,23H,10-15,17-18H2,1-2H3,(H,31,35)(H,33,36)/t20-,21?,23-,29?/m0/s1. The molecule has 1 saturated heterocycles. The summed E-state index contributed by atoms with van der Waals surface area (Å²) in [7, 11) is 0. The second kappa shape index (κ2) is 10.5. The number of hydrogen-bond donors (Lipinski definition) is 2. The van der Waals surface area contributed by atoms with E-state index in [2.05, 4.69) is 47.0 Å². The third-order valence-electron chi connectivity index (χ3n) is 8.14. The Morgan fingerprint density at radius 2 is 1.97 bits per heavy atom.